The minimum absolute atomic E-state index is 0. The molecule has 1 aliphatic rings. The maximum Gasteiger partial charge on any atom is 0.194 e. The van der Waals surface area contributed by atoms with Gasteiger partial charge in [0.1, 0.15) is 12.4 Å². The molecular formula is C17H24BrIN6. The highest BCUT2D eigenvalue weighted by Gasteiger charge is 2.17. The van der Waals surface area contributed by atoms with Crippen molar-refractivity contribution < 1.29 is 0 Å². The lowest BCUT2D eigenvalue weighted by molar-refractivity contribution is 0.475. The molecule has 0 spiro atoms. The molecule has 0 atom stereocenters. The molecule has 0 saturated carbocycles. The zero-order valence-electron chi connectivity index (χ0n) is 14.6. The zero-order chi connectivity index (χ0) is 16.9. The van der Waals surface area contributed by atoms with Crippen LogP contribution in [0.2, 0.25) is 0 Å². The number of aromatic nitrogens is 3. The Hall–Kier alpha value is -1.16. The molecule has 0 bridgehead atoms. The van der Waals surface area contributed by atoms with Crippen LogP contribution in [-0.2, 0) is 26.1 Å². The van der Waals surface area contributed by atoms with Crippen LogP contribution in [0.25, 0.3) is 0 Å². The lowest BCUT2D eigenvalue weighted by atomic mass is 10.2. The number of hydrogen-bond donors (Lipinski definition) is 1. The van der Waals surface area contributed by atoms with E-state index in [9.17, 15) is 0 Å². The van der Waals surface area contributed by atoms with E-state index in [2.05, 4.69) is 73.1 Å². The molecule has 0 unspecified atom stereocenters. The van der Waals surface area contributed by atoms with Gasteiger partial charge in [-0.05, 0) is 25.0 Å². The van der Waals surface area contributed by atoms with E-state index in [1.165, 1.54) is 5.56 Å². The topological polar surface area (TPSA) is 58.3 Å². The van der Waals surface area contributed by atoms with E-state index in [-0.39, 0.29) is 24.0 Å². The quantitative estimate of drug-likeness (QED) is 0.375. The van der Waals surface area contributed by atoms with Gasteiger partial charge in [0.25, 0.3) is 0 Å². The summed E-state index contributed by atoms with van der Waals surface area (Å²) < 4.78 is 3.31. The number of aliphatic imine (C=N–C) groups is 1. The van der Waals surface area contributed by atoms with Crippen molar-refractivity contribution in [3.8, 4) is 0 Å². The number of halogens is 2. The Morgan fingerprint density at radius 3 is 2.92 bits per heavy atom. The predicted octanol–water partition coefficient (Wildman–Crippen LogP) is 3.20. The van der Waals surface area contributed by atoms with Gasteiger partial charge in [-0.3, -0.25) is 0 Å². The second kappa shape index (κ2) is 9.51. The van der Waals surface area contributed by atoms with E-state index >= 15 is 0 Å². The van der Waals surface area contributed by atoms with Crippen LogP contribution in [0.1, 0.15) is 30.6 Å². The van der Waals surface area contributed by atoms with Crippen molar-refractivity contribution in [1.29, 1.82) is 0 Å². The van der Waals surface area contributed by atoms with Gasteiger partial charge in [0.2, 0.25) is 0 Å². The Bertz CT molecular complexity index is 730. The van der Waals surface area contributed by atoms with Crippen molar-refractivity contribution >= 4 is 45.9 Å². The van der Waals surface area contributed by atoms with Gasteiger partial charge in [0, 0.05) is 37.6 Å². The summed E-state index contributed by atoms with van der Waals surface area (Å²) in [7, 11) is 2.05. The van der Waals surface area contributed by atoms with E-state index in [1.807, 2.05) is 6.07 Å². The minimum Gasteiger partial charge on any atom is -0.357 e. The molecule has 0 radical (unpaired) electrons. The number of nitrogens with zero attached hydrogens (tertiary/aromatic N) is 5. The van der Waals surface area contributed by atoms with Crippen LogP contribution in [0, 0.1) is 0 Å². The van der Waals surface area contributed by atoms with Gasteiger partial charge in [0.15, 0.2) is 11.8 Å². The molecule has 0 amide bonds. The van der Waals surface area contributed by atoms with Crippen LogP contribution in [0.15, 0.2) is 33.7 Å². The van der Waals surface area contributed by atoms with Crippen LogP contribution in [0.5, 0.6) is 0 Å². The smallest absolute Gasteiger partial charge is 0.194 e. The zero-order valence-corrected chi connectivity index (χ0v) is 18.5. The highest BCUT2D eigenvalue weighted by Crippen LogP contribution is 2.18. The van der Waals surface area contributed by atoms with Crippen molar-refractivity contribution in [3.05, 3.63) is 46.0 Å². The minimum atomic E-state index is 0. The average Bonchev–Trinajstić information content (AvgIpc) is 3.17. The fourth-order valence-corrected chi connectivity index (χ4v) is 3.31. The summed E-state index contributed by atoms with van der Waals surface area (Å²) in [6.45, 7) is 5.25. The molecule has 8 heteroatoms. The summed E-state index contributed by atoms with van der Waals surface area (Å²) in [5.74, 6) is 2.92. The fraction of sp³-hybridized carbons (Fsp3) is 0.471. The molecule has 3 rings (SSSR count). The Morgan fingerprint density at radius 1 is 1.36 bits per heavy atom. The number of guanidine groups is 1. The van der Waals surface area contributed by atoms with Crippen molar-refractivity contribution in [3.63, 3.8) is 0 Å². The maximum atomic E-state index is 4.75. The summed E-state index contributed by atoms with van der Waals surface area (Å²) >= 11 is 3.61. The Balaban J connectivity index is 0.00000225. The normalized spacial score (nSPS) is 13.3. The second-order valence-electron chi connectivity index (χ2n) is 5.91. The van der Waals surface area contributed by atoms with Gasteiger partial charge in [-0.25, -0.2) is 4.99 Å². The van der Waals surface area contributed by atoms with E-state index in [0.717, 1.165) is 54.6 Å². The monoisotopic (exact) mass is 518 g/mol. The Labute approximate surface area is 174 Å². The van der Waals surface area contributed by atoms with Crippen molar-refractivity contribution in [1.82, 2.24) is 25.0 Å². The highest BCUT2D eigenvalue weighted by molar-refractivity contribution is 14.0. The van der Waals surface area contributed by atoms with Crippen LogP contribution in [0.3, 0.4) is 0 Å². The Morgan fingerprint density at radius 2 is 2.16 bits per heavy atom. The van der Waals surface area contributed by atoms with Crippen LogP contribution in [0.4, 0.5) is 0 Å². The summed E-state index contributed by atoms with van der Waals surface area (Å²) in [5.41, 5.74) is 1.23. The summed E-state index contributed by atoms with van der Waals surface area (Å²) in [6.07, 6.45) is 2.18. The first-order chi connectivity index (χ1) is 11.7. The van der Waals surface area contributed by atoms with Gasteiger partial charge in [-0.2, -0.15) is 0 Å². The van der Waals surface area contributed by atoms with E-state index in [4.69, 9.17) is 4.99 Å². The molecule has 2 aromatic rings. The molecule has 1 aromatic heterocycles. The molecule has 1 aromatic carbocycles. The first-order valence-electron chi connectivity index (χ1n) is 8.33. The standard InChI is InChI=1S/C17H23BrN6.HI/c1-3-19-17(23(2)12-13-7-4-5-8-14(13)18)20-11-16-22-21-15-9-6-10-24(15)16;/h4-5,7-8H,3,6,9-12H2,1-2H3,(H,19,20);1H. The predicted molar refractivity (Wildman–Crippen MR) is 114 cm³/mol. The first kappa shape index (κ1) is 20.2. The van der Waals surface area contributed by atoms with Crippen molar-refractivity contribution in [2.75, 3.05) is 13.6 Å². The van der Waals surface area contributed by atoms with E-state index in [1.54, 1.807) is 0 Å². The molecule has 0 saturated heterocycles. The number of aryl methyl sites for hydroxylation is 1. The Kier molecular flexibility index (Phi) is 7.67. The van der Waals surface area contributed by atoms with Gasteiger partial charge >= 0.3 is 0 Å². The molecule has 1 N–H and O–H groups in total. The van der Waals surface area contributed by atoms with Crippen LogP contribution < -0.4 is 5.32 Å². The summed E-state index contributed by atoms with van der Waals surface area (Å²) in [5, 5.41) is 11.9. The van der Waals surface area contributed by atoms with E-state index < -0.39 is 0 Å². The summed E-state index contributed by atoms with van der Waals surface area (Å²) in [6, 6.07) is 8.26. The fourth-order valence-electron chi connectivity index (χ4n) is 2.90. The summed E-state index contributed by atoms with van der Waals surface area (Å²) in [4.78, 5) is 6.88. The molecule has 0 aliphatic carbocycles. The van der Waals surface area contributed by atoms with E-state index in [0.29, 0.717) is 6.54 Å². The number of fused-ring (bicyclic) bond motifs is 1. The number of rotatable bonds is 5. The van der Waals surface area contributed by atoms with Gasteiger partial charge in [-0.15, -0.1) is 34.2 Å². The van der Waals surface area contributed by atoms with Crippen LogP contribution in [-0.4, -0.2) is 39.2 Å². The third-order valence-electron chi connectivity index (χ3n) is 4.12. The number of benzene rings is 1. The molecule has 25 heavy (non-hydrogen) atoms. The lowest BCUT2D eigenvalue weighted by Crippen LogP contribution is -2.38. The lowest BCUT2D eigenvalue weighted by Gasteiger charge is -2.22. The van der Waals surface area contributed by atoms with Crippen LogP contribution >= 0.6 is 39.9 Å². The van der Waals surface area contributed by atoms with Crippen molar-refractivity contribution in [2.45, 2.75) is 39.4 Å². The maximum absolute atomic E-state index is 4.75. The SMILES string of the molecule is CCNC(=NCc1nnc2n1CCC2)N(C)Cc1ccccc1Br.I. The van der Waals surface area contributed by atoms with Crippen molar-refractivity contribution in [2.24, 2.45) is 4.99 Å². The number of nitrogens with one attached hydrogen (secondary N) is 1. The first-order valence-corrected chi connectivity index (χ1v) is 9.12. The molecule has 2 heterocycles. The largest absolute Gasteiger partial charge is 0.357 e. The third-order valence-corrected chi connectivity index (χ3v) is 4.89. The number of hydrogen-bond acceptors (Lipinski definition) is 3. The third kappa shape index (κ3) is 4.93. The second-order valence-corrected chi connectivity index (χ2v) is 6.76. The highest BCUT2D eigenvalue weighted by atomic mass is 127. The van der Waals surface area contributed by atoms with Gasteiger partial charge in [-0.1, -0.05) is 34.1 Å². The molecular weight excluding hydrogens is 495 g/mol. The van der Waals surface area contributed by atoms with Gasteiger partial charge in [0.05, 0.1) is 0 Å². The molecule has 1 aliphatic heterocycles. The molecule has 136 valence electrons. The average molecular weight is 519 g/mol. The molecule has 6 nitrogen and oxygen atoms in total. The van der Waals surface area contributed by atoms with Gasteiger partial charge < -0.3 is 14.8 Å². The molecule has 0 fully saturated rings.